The zero-order valence-corrected chi connectivity index (χ0v) is 7.87. The van der Waals surface area contributed by atoms with Crippen LogP contribution >= 0.6 is 0 Å². The first-order valence-electron chi connectivity index (χ1n) is 4.15. The van der Waals surface area contributed by atoms with Crippen molar-refractivity contribution in [2.45, 2.75) is 6.92 Å². The van der Waals surface area contributed by atoms with Gasteiger partial charge >= 0.3 is 0 Å². The van der Waals surface area contributed by atoms with E-state index in [1.165, 1.54) is 6.92 Å². The molecule has 0 aliphatic heterocycles. The minimum absolute atomic E-state index is 0.151. The van der Waals surface area contributed by atoms with Gasteiger partial charge in [0.15, 0.2) is 0 Å². The summed E-state index contributed by atoms with van der Waals surface area (Å²) in [6.07, 6.45) is 1.59. The van der Waals surface area contributed by atoms with Gasteiger partial charge in [-0.15, -0.1) is 0 Å². The SMILES string of the molecule is CC(=O)Nc1cc(C#CCN)ccn1. The molecular formula is C10H11N3O. The molecule has 1 heterocycles. The molecule has 14 heavy (non-hydrogen) atoms. The highest BCUT2D eigenvalue weighted by Crippen LogP contribution is 2.04. The van der Waals surface area contributed by atoms with Gasteiger partial charge in [-0.3, -0.25) is 4.79 Å². The number of aromatic nitrogens is 1. The first kappa shape index (κ1) is 10.2. The van der Waals surface area contributed by atoms with Crippen molar-refractivity contribution in [3.8, 4) is 11.8 Å². The lowest BCUT2D eigenvalue weighted by Crippen LogP contribution is -2.07. The van der Waals surface area contributed by atoms with Crippen LogP contribution in [0.1, 0.15) is 12.5 Å². The number of hydrogen-bond donors (Lipinski definition) is 2. The third-order valence-corrected chi connectivity index (χ3v) is 1.40. The van der Waals surface area contributed by atoms with Crippen LogP contribution in [0.25, 0.3) is 0 Å². The van der Waals surface area contributed by atoms with Gasteiger partial charge in [0.1, 0.15) is 5.82 Å². The number of nitrogens with two attached hydrogens (primary N) is 1. The Kier molecular flexibility index (Phi) is 3.65. The minimum atomic E-state index is -0.151. The van der Waals surface area contributed by atoms with E-state index in [2.05, 4.69) is 22.1 Å². The molecule has 0 aromatic carbocycles. The Morgan fingerprint density at radius 2 is 2.50 bits per heavy atom. The highest BCUT2D eigenvalue weighted by atomic mass is 16.1. The van der Waals surface area contributed by atoms with Crippen LogP contribution in [0.15, 0.2) is 18.3 Å². The van der Waals surface area contributed by atoms with E-state index >= 15 is 0 Å². The predicted molar refractivity (Wildman–Crippen MR) is 54.5 cm³/mol. The molecule has 0 saturated heterocycles. The molecule has 0 atom stereocenters. The van der Waals surface area contributed by atoms with Crippen LogP contribution in [-0.2, 0) is 4.79 Å². The van der Waals surface area contributed by atoms with Crippen LogP contribution in [0.2, 0.25) is 0 Å². The minimum Gasteiger partial charge on any atom is -0.320 e. The molecule has 1 amide bonds. The molecule has 0 unspecified atom stereocenters. The van der Waals surface area contributed by atoms with E-state index in [1.54, 1.807) is 18.3 Å². The Labute approximate surface area is 82.5 Å². The molecule has 1 aromatic rings. The molecule has 4 nitrogen and oxygen atoms in total. The second-order valence-electron chi connectivity index (χ2n) is 2.62. The summed E-state index contributed by atoms with van der Waals surface area (Å²) < 4.78 is 0. The maximum Gasteiger partial charge on any atom is 0.222 e. The van der Waals surface area contributed by atoms with Crippen molar-refractivity contribution < 1.29 is 4.79 Å². The first-order chi connectivity index (χ1) is 6.72. The standard InChI is InChI=1S/C10H11N3O/c1-8(14)13-10-7-9(3-2-5-11)4-6-12-10/h4,6-7H,5,11H2,1H3,(H,12,13,14). The van der Waals surface area contributed by atoms with E-state index in [9.17, 15) is 4.79 Å². The third kappa shape index (κ3) is 3.25. The monoisotopic (exact) mass is 189 g/mol. The Morgan fingerprint density at radius 3 is 3.14 bits per heavy atom. The first-order valence-corrected chi connectivity index (χ1v) is 4.15. The van der Waals surface area contributed by atoms with Crippen LogP contribution in [-0.4, -0.2) is 17.4 Å². The fourth-order valence-electron chi connectivity index (χ4n) is 0.910. The maximum absolute atomic E-state index is 10.7. The lowest BCUT2D eigenvalue weighted by Gasteiger charge is -1.99. The number of nitrogens with one attached hydrogen (secondary N) is 1. The van der Waals surface area contributed by atoms with Crippen LogP contribution in [0.5, 0.6) is 0 Å². The highest BCUT2D eigenvalue weighted by molar-refractivity contribution is 5.87. The summed E-state index contributed by atoms with van der Waals surface area (Å²) in [4.78, 5) is 14.7. The van der Waals surface area contributed by atoms with Crippen LogP contribution in [0.4, 0.5) is 5.82 Å². The summed E-state index contributed by atoms with van der Waals surface area (Å²) in [5.74, 6) is 5.92. The van der Waals surface area contributed by atoms with E-state index in [1.807, 2.05) is 0 Å². The van der Waals surface area contributed by atoms with E-state index < -0.39 is 0 Å². The van der Waals surface area contributed by atoms with Crippen molar-refractivity contribution in [1.82, 2.24) is 4.98 Å². The number of rotatable bonds is 1. The fraction of sp³-hybridized carbons (Fsp3) is 0.200. The number of anilines is 1. The lowest BCUT2D eigenvalue weighted by molar-refractivity contribution is -0.114. The topological polar surface area (TPSA) is 68.0 Å². The molecule has 1 aromatic heterocycles. The number of carbonyl (C=O) groups excluding carboxylic acids is 1. The Morgan fingerprint density at radius 1 is 1.71 bits per heavy atom. The Balaban J connectivity index is 2.84. The van der Waals surface area contributed by atoms with Crippen molar-refractivity contribution in [2.24, 2.45) is 5.73 Å². The number of pyridine rings is 1. The van der Waals surface area contributed by atoms with Gasteiger partial charge in [0.25, 0.3) is 0 Å². The molecule has 4 heteroatoms. The van der Waals surface area contributed by atoms with Crippen LogP contribution in [0, 0.1) is 11.8 Å². The van der Waals surface area contributed by atoms with Crippen molar-refractivity contribution in [3.05, 3.63) is 23.9 Å². The molecule has 0 saturated carbocycles. The van der Waals surface area contributed by atoms with Gasteiger partial charge in [-0.25, -0.2) is 4.98 Å². The number of carbonyl (C=O) groups is 1. The normalized spacial score (nSPS) is 8.71. The average Bonchev–Trinajstić information content (AvgIpc) is 2.14. The van der Waals surface area contributed by atoms with Gasteiger partial charge in [-0.1, -0.05) is 11.8 Å². The molecule has 1 rings (SSSR count). The van der Waals surface area contributed by atoms with E-state index in [0.717, 1.165) is 5.56 Å². The van der Waals surface area contributed by atoms with E-state index in [0.29, 0.717) is 12.4 Å². The number of nitrogens with zero attached hydrogens (tertiary/aromatic N) is 1. The zero-order valence-electron chi connectivity index (χ0n) is 7.87. The van der Waals surface area contributed by atoms with Gasteiger partial charge < -0.3 is 11.1 Å². The average molecular weight is 189 g/mol. The Hall–Kier alpha value is -1.86. The van der Waals surface area contributed by atoms with Gasteiger partial charge in [-0.05, 0) is 12.1 Å². The summed E-state index contributed by atoms with van der Waals surface area (Å²) >= 11 is 0. The summed E-state index contributed by atoms with van der Waals surface area (Å²) in [6.45, 7) is 1.75. The smallest absolute Gasteiger partial charge is 0.222 e. The van der Waals surface area contributed by atoms with Gasteiger partial charge in [0, 0.05) is 18.7 Å². The molecule has 0 spiro atoms. The lowest BCUT2D eigenvalue weighted by atomic mass is 10.2. The van der Waals surface area contributed by atoms with Gasteiger partial charge in [0.05, 0.1) is 6.54 Å². The zero-order chi connectivity index (χ0) is 10.4. The Bertz CT molecular complexity index is 390. The number of amides is 1. The van der Waals surface area contributed by atoms with Gasteiger partial charge in [-0.2, -0.15) is 0 Å². The van der Waals surface area contributed by atoms with E-state index in [-0.39, 0.29) is 5.91 Å². The van der Waals surface area contributed by atoms with Crippen molar-refractivity contribution in [1.29, 1.82) is 0 Å². The molecule has 0 radical (unpaired) electrons. The second kappa shape index (κ2) is 5.00. The van der Waals surface area contributed by atoms with Crippen LogP contribution < -0.4 is 11.1 Å². The van der Waals surface area contributed by atoms with Crippen molar-refractivity contribution >= 4 is 11.7 Å². The summed E-state index contributed by atoms with van der Waals surface area (Å²) in [7, 11) is 0. The summed E-state index contributed by atoms with van der Waals surface area (Å²) in [5.41, 5.74) is 6.02. The summed E-state index contributed by atoms with van der Waals surface area (Å²) in [6, 6.07) is 3.46. The maximum atomic E-state index is 10.7. The number of hydrogen-bond acceptors (Lipinski definition) is 3. The largest absolute Gasteiger partial charge is 0.320 e. The second-order valence-corrected chi connectivity index (χ2v) is 2.62. The van der Waals surface area contributed by atoms with Gasteiger partial charge in [0.2, 0.25) is 5.91 Å². The molecular weight excluding hydrogens is 178 g/mol. The molecule has 0 aliphatic carbocycles. The highest BCUT2D eigenvalue weighted by Gasteiger charge is 1.96. The van der Waals surface area contributed by atoms with Crippen LogP contribution in [0.3, 0.4) is 0 Å². The molecule has 72 valence electrons. The van der Waals surface area contributed by atoms with Crippen molar-refractivity contribution in [3.63, 3.8) is 0 Å². The third-order valence-electron chi connectivity index (χ3n) is 1.40. The van der Waals surface area contributed by atoms with E-state index in [4.69, 9.17) is 5.73 Å². The predicted octanol–water partition coefficient (Wildman–Crippen LogP) is 0.350. The van der Waals surface area contributed by atoms with Crippen molar-refractivity contribution in [2.75, 3.05) is 11.9 Å². The molecule has 0 bridgehead atoms. The summed E-state index contributed by atoms with van der Waals surface area (Å²) in [5, 5.41) is 2.57. The molecule has 3 N–H and O–H groups in total. The quantitative estimate of drug-likeness (QED) is 0.626. The fourth-order valence-corrected chi connectivity index (χ4v) is 0.910. The molecule has 0 fully saturated rings. The molecule has 0 aliphatic rings.